The van der Waals surface area contributed by atoms with Crippen LogP contribution in [0.25, 0.3) is 0 Å². The van der Waals surface area contributed by atoms with Gasteiger partial charge >= 0.3 is 5.97 Å². The number of hydrogen-bond acceptors (Lipinski definition) is 7. The van der Waals surface area contributed by atoms with Crippen LogP contribution in [-0.2, 0) is 20.7 Å². The first-order valence-corrected chi connectivity index (χ1v) is 9.04. The lowest BCUT2D eigenvalue weighted by molar-refractivity contribution is -0.145. The Morgan fingerprint density at radius 2 is 2.04 bits per heavy atom. The summed E-state index contributed by atoms with van der Waals surface area (Å²) >= 11 is 0. The number of benzene rings is 2. The highest BCUT2D eigenvalue weighted by atomic mass is 16.6. The molecule has 7 nitrogen and oxygen atoms in total. The molecule has 28 heavy (non-hydrogen) atoms. The van der Waals surface area contributed by atoms with Crippen molar-refractivity contribution in [3.8, 4) is 23.0 Å². The van der Waals surface area contributed by atoms with Gasteiger partial charge in [-0.2, -0.15) is 0 Å². The van der Waals surface area contributed by atoms with Crippen molar-refractivity contribution in [3.05, 3.63) is 47.5 Å². The molecule has 1 aliphatic heterocycles. The van der Waals surface area contributed by atoms with Crippen LogP contribution in [0.3, 0.4) is 0 Å². The zero-order valence-electron chi connectivity index (χ0n) is 16.1. The molecule has 0 aliphatic carbocycles. The summed E-state index contributed by atoms with van der Waals surface area (Å²) in [5.41, 5.74) is 1.71. The fourth-order valence-electron chi connectivity index (χ4n) is 3.22. The number of hydrogen-bond donors (Lipinski definition) is 1. The van der Waals surface area contributed by atoms with E-state index in [9.17, 15) is 9.90 Å². The van der Waals surface area contributed by atoms with E-state index in [1.165, 1.54) is 6.07 Å². The Bertz CT molecular complexity index is 833. The van der Waals surface area contributed by atoms with E-state index in [4.69, 9.17) is 23.7 Å². The van der Waals surface area contributed by atoms with Crippen molar-refractivity contribution in [3.63, 3.8) is 0 Å². The largest absolute Gasteiger partial charge is 0.504 e. The molecule has 2 aromatic rings. The minimum absolute atomic E-state index is 0.0695. The first-order valence-electron chi connectivity index (χ1n) is 9.04. The standard InChI is InChI=1S/C21H24O7/c1-4-26-20(23)12-27-18-10-13(8-9-15(18)22)21-19(25-3)11-14-16(24-2)6-5-7-17(14)28-21/h5-10,19,21-22H,4,11-12H2,1-3H3/t19-,21-/m1/s1. The molecule has 2 atom stereocenters. The van der Waals surface area contributed by atoms with Crippen LogP contribution >= 0.6 is 0 Å². The molecule has 3 rings (SSSR count). The summed E-state index contributed by atoms with van der Waals surface area (Å²) in [5.74, 6) is 1.08. The molecule has 7 heteroatoms. The molecule has 1 heterocycles. The maximum Gasteiger partial charge on any atom is 0.344 e. The quantitative estimate of drug-likeness (QED) is 0.730. The Hall–Kier alpha value is -2.93. The second-order valence-electron chi connectivity index (χ2n) is 6.27. The fourth-order valence-corrected chi connectivity index (χ4v) is 3.22. The molecule has 1 aliphatic rings. The third-order valence-corrected chi connectivity index (χ3v) is 4.57. The average molecular weight is 388 g/mol. The molecular formula is C21H24O7. The lowest BCUT2D eigenvalue weighted by Crippen LogP contribution is -2.32. The van der Waals surface area contributed by atoms with Gasteiger partial charge in [-0.25, -0.2) is 4.79 Å². The lowest BCUT2D eigenvalue weighted by atomic mass is 9.94. The van der Waals surface area contributed by atoms with Gasteiger partial charge in [0.25, 0.3) is 0 Å². The topological polar surface area (TPSA) is 83.5 Å². The lowest BCUT2D eigenvalue weighted by Gasteiger charge is -2.33. The summed E-state index contributed by atoms with van der Waals surface area (Å²) in [4.78, 5) is 11.5. The van der Waals surface area contributed by atoms with Crippen molar-refractivity contribution < 1.29 is 33.6 Å². The SMILES string of the molecule is CCOC(=O)COc1cc([C@H]2Oc3cccc(OC)c3C[C@H]2OC)ccc1O. The smallest absolute Gasteiger partial charge is 0.344 e. The minimum atomic E-state index is -0.503. The highest BCUT2D eigenvalue weighted by molar-refractivity contribution is 5.71. The van der Waals surface area contributed by atoms with Crippen molar-refractivity contribution in [2.24, 2.45) is 0 Å². The third-order valence-electron chi connectivity index (χ3n) is 4.57. The van der Waals surface area contributed by atoms with Crippen LogP contribution in [0.15, 0.2) is 36.4 Å². The first-order chi connectivity index (χ1) is 13.6. The summed E-state index contributed by atoms with van der Waals surface area (Å²) in [6.07, 6.45) is -0.0539. The number of phenolic OH excluding ortho intramolecular Hbond substituents is 1. The monoisotopic (exact) mass is 388 g/mol. The molecule has 0 aromatic heterocycles. The van der Waals surface area contributed by atoms with Crippen LogP contribution in [0.4, 0.5) is 0 Å². The Labute approximate surface area is 163 Å². The van der Waals surface area contributed by atoms with Crippen molar-refractivity contribution in [2.45, 2.75) is 25.6 Å². The second kappa shape index (κ2) is 8.84. The van der Waals surface area contributed by atoms with Crippen molar-refractivity contribution in [2.75, 3.05) is 27.4 Å². The van der Waals surface area contributed by atoms with Crippen LogP contribution < -0.4 is 14.2 Å². The number of esters is 1. The predicted molar refractivity (Wildman–Crippen MR) is 101 cm³/mol. The summed E-state index contributed by atoms with van der Waals surface area (Å²) < 4.78 is 27.5. The number of methoxy groups -OCH3 is 2. The number of ether oxygens (including phenoxy) is 5. The van der Waals surface area contributed by atoms with Crippen LogP contribution in [0.2, 0.25) is 0 Å². The van der Waals surface area contributed by atoms with Crippen LogP contribution in [0.5, 0.6) is 23.0 Å². The van der Waals surface area contributed by atoms with Gasteiger partial charge in [0.2, 0.25) is 0 Å². The molecule has 150 valence electrons. The van der Waals surface area contributed by atoms with Gasteiger partial charge in [0.1, 0.15) is 17.6 Å². The van der Waals surface area contributed by atoms with Crippen molar-refractivity contribution >= 4 is 5.97 Å². The van der Waals surface area contributed by atoms with Crippen molar-refractivity contribution in [1.82, 2.24) is 0 Å². The normalized spacial score (nSPS) is 18.0. The maximum absolute atomic E-state index is 11.5. The molecular weight excluding hydrogens is 364 g/mol. The zero-order valence-corrected chi connectivity index (χ0v) is 16.1. The summed E-state index contributed by atoms with van der Waals surface area (Å²) in [6.45, 7) is 1.70. The van der Waals surface area contributed by atoms with E-state index in [1.807, 2.05) is 18.2 Å². The Balaban J connectivity index is 1.85. The van der Waals surface area contributed by atoms with Gasteiger partial charge in [0.15, 0.2) is 24.2 Å². The zero-order chi connectivity index (χ0) is 20.1. The molecule has 0 radical (unpaired) electrons. The Kier molecular flexibility index (Phi) is 6.26. The van der Waals surface area contributed by atoms with Gasteiger partial charge < -0.3 is 28.8 Å². The van der Waals surface area contributed by atoms with Gasteiger partial charge in [0, 0.05) is 19.1 Å². The predicted octanol–water partition coefficient (Wildman–Crippen LogP) is 3.03. The van der Waals surface area contributed by atoms with E-state index in [0.29, 0.717) is 6.42 Å². The first kappa shape index (κ1) is 19.8. The van der Waals surface area contributed by atoms with Crippen LogP contribution in [0.1, 0.15) is 24.2 Å². The van der Waals surface area contributed by atoms with Crippen LogP contribution in [-0.4, -0.2) is 44.6 Å². The van der Waals surface area contributed by atoms with E-state index < -0.39 is 12.1 Å². The molecule has 0 fully saturated rings. The molecule has 0 bridgehead atoms. The fraction of sp³-hybridized carbons (Fsp3) is 0.381. The van der Waals surface area contributed by atoms with Gasteiger partial charge in [-0.1, -0.05) is 12.1 Å². The minimum Gasteiger partial charge on any atom is -0.504 e. The number of rotatable bonds is 7. The maximum atomic E-state index is 11.5. The Morgan fingerprint density at radius 1 is 1.21 bits per heavy atom. The number of fused-ring (bicyclic) bond motifs is 1. The third kappa shape index (κ3) is 4.14. The molecule has 0 saturated heterocycles. The van der Waals surface area contributed by atoms with E-state index >= 15 is 0 Å². The highest BCUT2D eigenvalue weighted by Gasteiger charge is 2.33. The van der Waals surface area contributed by atoms with Gasteiger partial charge in [-0.3, -0.25) is 0 Å². The molecule has 2 aromatic carbocycles. The molecule has 0 unspecified atom stereocenters. The highest BCUT2D eigenvalue weighted by Crippen LogP contribution is 2.42. The summed E-state index contributed by atoms with van der Waals surface area (Å²) in [7, 11) is 3.25. The van der Waals surface area contributed by atoms with Gasteiger partial charge in [-0.15, -0.1) is 0 Å². The molecule has 0 saturated carbocycles. The average Bonchev–Trinajstić information content (AvgIpc) is 2.71. The Morgan fingerprint density at radius 3 is 2.75 bits per heavy atom. The van der Waals surface area contributed by atoms with Gasteiger partial charge in [-0.05, 0) is 36.8 Å². The van der Waals surface area contributed by atoms with E-state index in [2.05, 4.69) is 0 Å². The molecule has 0 amide bonds. The van der Waals surface area contributed by atoms with Gasteiger partial charge in [0.05, 0.1) is 13.7 Å². The van der Waals surface area contributed by atoms with Crippen LogP contribution in [0, 0.1) is 0 Å². The van der Waals surface area contributed by atoms with E-state index in [1.54, 1.807) is 33.3 Å². The molecule has 1 N–H and O–H groups in total. The van der Waals surface area contributed by atoms with E-state index in [0.717, 1.165) is 22.6 Å². The number of carbonyl (C=O) groups excluding carboxylic acids is 1. The van der Waals surface area contributed by atoms with Crippen molar-refractivity contribution in [1.29, 1.82) is 0 Å². The number of phenols is 1. The summed E-state index contributed by atoms with van der Waals surface area (Å²) in [6, 6.07) is 10.5. The number of carbonyl (C=O) groups is 1. The molecule has 0 spiro atoms. The second-order valence-corrected chi connectivity index (χ2v) is 6.27. The van der Waals surface area contributed by atoms with E-state index in [-0.39, 0.29) is 30.8 Å². The number of aromatic hydroxyl groups is 1. The summed E-state index contributed by atoms with van der Waals surface area (Å²) in [5, 5.41) is 10.1.